The van der Waals surface area contributed by atoms with E-state index in [1.807, 2.05) is 0 Å². The molecule has 4 heteroatoms. The van der Waals surface area contributed by atoms with Gasteiger partial charge in [-0.15, -0.1) is 0 Å². The largest absolute Gasteiger partial charge is 0.448 e. The van der Waals surface area contributed by atoms with E-state index >= 15 is 0 Å². The zero-order chi connectivity index (χ0) is 8.55. The molecule has 2 rings (SSSR count). The van der Waals surface area contributed by atoms with E-state index in [9.17, 15) is 4.39 Å². The van der Waals surface area contributed by atoms with Crippen molar-refractivity contribution in [1.82, 2.24) is 0 Å². The normalized spacial score (nSPS) is 19.7. The van der Waals surface area contributed by atoms with E-state index < -0.39 is 6.29 Å². The van der Waals surface area contributed by atoms with Crippen LogP contribution in [0.4, 0.5) is 4.39 Å². The molecule has 0 saturated carbocycles. The molecule has 1 aliphatic rings. The molecule has 0 spiro atoms. The summed E-state index contributed by atoms with van der Waals surface area (Å²) in [7, 11) is 0. The summed E-state index contributed by atoms with van der Waals surface area (Å²) >= 11 is 0. The zero-order valence-electron chi connectivity index (χ0n) is 6.16. The van der Waals surface area contributed by atoms with Gasteiger partial charge in [0.25, 0.3) is 6.29 Å². The predicted molar refractivity (Wildman–Crippen MR) is 38.5 cm³/mol. The molecule has 0 aromatic heterocycles. The van der Waals surface area contributed by atoms with E-state index in [1.165, 1.54) is 18.2 Å². The topological polar surface area (TPSA) is 38.7 Å². The maximum Gasteiger partial charge on any atom is 0.264 e. The molecule has 3 nitrogen and oxygen atoms in total. The highest BCUT2D eigenvalue weighted by molar-refractivity contribution is 5.42. The highest BCUT2D eigenvalue weighted by atomic mass is 19.1. The molecule has 0 fully saturated rings. The van der Waals surface area contributed by atoms with Crippen molar-refractivity contribution in [2.75, 3.05) is 6.61 Å². The molecule has 64 valence electrons. The number of ether oxygens (including phenoxy) is 2. The van der Waals surface area contributed by atoms with Gasteiger partial charge in [-0.05, 0) is 12.1 Å². The highest BCUT2D eigenvalue weighted by Gasteiger charge is 2.23. The van der Waals surface area contributed by atoms with Crippen molar-refractivity contribution < 1.29 is 19.0 Å². The third kappa shape index (κ3) is 1.10. The van der Waals surface area contributed by atoms with Gasteiger partial charge in [-0.3, -0.25) is 0 Å². The Morgan fingerprint density at radius 1 is 1.33 bits per heavy atom. The summed E-state index contributed by atoms with van der Waals surface area (Å²) in [6, 6.07) is 3.98. The van der Waals surface area contributed by atoms with E-state index in [2.05, 4.69) is 0 Å². The van der Waals surface area contributed by atoms with Crippen molar-refractivity contribution in [2.45, 2.75) is 6.29 Å². The van der Waals surface area contributed by atoms with Gasteiger partial charge in [0.05, 0.1) is 0 Å². The molecule has 0 bridgehead atoms. The highest BCUT2D eigenvalue weighted by Crippen LogP contribution is 2.34. The van der Waals surface area contributed by atoms with Gasteiger partial charge >= 0.3 is 0 Å². The van der Waals surface area contributed by atoms with Crippen LogP contribution >= 0.6 is 0 Å². The van der Waals surface area contributed by atoms with Crippen molar-refractivity contribution in [3.63, 3.8) is 0 Å². The smallest absolute Gasteiger partial charge is 0.264 e. The fraction of sp³-hybridized carbons (Fsp3) is 0.250. The summed E-state index contributed by atoms with van der Waals surface area (Å²) in [5, 5.41) is 8.66. The summed E-state index contributed by atoms with van der Waals surface area (Å²) < 4.78 is 22.7. The lowest BCUT2D eigenvalue weighted by Crippen LogP contribution is -2.22. The summed E-state index contributed by atoms with van der Waals surface area (Å²) in [6.45, 7) is -0.240. The molecule has 1 atom stereocenters. The number of fused-ring (bicyclic) bond motifs is 1. The van der Waals surface area contributed by atoms with Crippen LogP contribution in [-0.2, 0) is 0 Å². The van der Waals surface area contributed by atoms with Crippen LogP contribution in [0, 0.1) is 5.82 Å². The van der Waals surface area contributed by atoms with Crippen molar-refractivity contribution in [3.8, 4) is 11.5 Å². The van der Waals surface area contributed by atoms with E-state index in [1.54, 1.807) is 0 Å². The van der Waals surface area contributed by atoms with E-state index in [0.29, 0.717) is 11.5 Å². The van der Waals surface area contributed by atoms with Gasteiger partial charge in [0.15, 0.2) is 11.5 Å². The Kier molecular flexibility index (Phi) is 1.62. The first-order valence-corrected chi connectivity index (χ1v) is 3.53. The number of hydrogen-bond acceptors (Lipinski definition) is 3. The fourth-order valence-corrected chi connectivity index (χ4v) is 1.05. The van der Waals surface area contributed by atoms with Crippen molar-refractivity contribution in [2.24, 2.45) is 0 Å². The maximum absolute atomic E-state index is 12.6. The maximum atomic E-state index is 12.6. The quantitative estimate of drug-likeness (QED) is 0.681. The Labute approximate surface area is 68.3 Å². The molecule has 1 aromatic carbocycles. The minimum atomic E-state index is -0.693. The summed E-state index contributed by atoms with van der Waals surface area (Å²) in [4.78, 5) is 0. The second-order valence-corrected chi connectivity index (χ2v) is 2.44. The van der Waals surface area contributed by atoms with Gasteiger partial charge in [-0.25, -0.2) is 4.39 Å². The molecule has 0 radical (unpaired) electrons. The molecular formula is C8H7FO3. The molecule has 12 heavy (non-hydrogen) atoms. The first kappa shape index (κ1) is 7.36. The van der Waals surface area contributed by atoms with Crippen LogP contribution in [0.5, 0.6) is 11.5 Å². The number of aliphatic hydroxyl groups excluding tert-OH is 1. The number of benzene rings is 1. The molecule has 1 aliphatic heterocycles. The van der Waals surface area contributed by atoms with Crippen LogP contribution in [0.3, 0.4) is 0 Å². The molecule has 1 heterocycles. The minimum Gasteiger partial charge on any atom is -0.448 e. The summed E-state index contributed by atoms with van der Waals surface area (Å²) in [5.41, 5.74) is 0. The SMILES string of the molecule is OCC1Oc2ccc(F)cc2O1. The standard InChI is InChI=1S/C8H7FO3/c9-5-1-2-6-7(3-5)12-8(4-10)11-6/h1-3,8,10H,4H2. The van der Waals surface area contributed by atoms with Gasteiger partial charge < -0.3 is 14.6 Å². The van der Waals surface area contributed by atoms with Crippen LogP contribution in [0.25, 0.3) is 0 Å². The number of aliphatic hydroxyl groups is 1. The van der Waals surface area contributed by atoms with E-state index in [-0.39, 0.29) is 12.4 Å². The average molecular weight is 170 g/mol. The lowest BCUT2D eigenvalue weighted by molar-refractivity contribution is -0.000830. The van der Waals surface area contributed by atoms with Gasteiger partial charge in [0.2, 0.25) is 0 Å². The molecule has 0 saturated heterocycles. The second kappa shape index (κ2) is 2.64. The van der Waals surface area contributed by atoms with Gasteiger partial charge in [0, 0.05) is 6.07 Å². The van der Waals surface area contributed by atoms with Crippen LogP contribution in [0.15, 0.2) is 18.2 Å². The van der Waals surface area contributed by atoms with Crippen LogP contribution in [-0.4, -0.2) is 18.0 Å². The molecule has 1 aromatic rings. The second-order valence-electron chi connectivity index (χ2n) is 2.44. The van der Waals surface area contributed by atoms with Gasteiger partial charge in [0.1, 0.15) is 12.4 Å². The van der Waals surface area contributed by atoms with E-state index in [0.717, 1.165) is 0 Å². The lowest BCUT2D eigenvalue weighted by atomic mass is 10.3. The number of hydrogen-bond donors (Lipinski definition) is 1. The zero-order valence-corrected chi connectivity index (χ0v) is 6.16. The first-order valence-electron chi connectivity index (χ1n) is 3.53. The van der Waals surface area contributed by atoms with E-state index in [4.69, 9.17) is 14.6 Å². The van der Waals surface area contributed by atoms with Crippen molar-refractivity contribution in [3.05, 3.63) is 24.0 Å². The van der Waals surface area contributed by atoms with Crippen LogP contribution < -0.4 is 9.47 Å². The van der Waals surface area contributed by atoms with Crippen LogP contribution in [0.2, 0.25) is 0 Å². The first-order chi connectivity index (χ1) is 5.79. The third-order valence-electron chi connectivity index (χ3n) is 1.57. The van der Waals surface area contributed by atoms with Crippen molar-refractivity contribution in [1.29, 1.82) is 0 Å². The number of rotatable bonds is 1. The summed E-state index contributed by atoms with van der Waals surface area (Å²) in [6.07, 6.45) is -0.693. The van der Waals surface area contributed by atoms with Gasteiger partial charge in [-0.2, -0.15) is 0 Å². The molecule has 1 unspecified atom stereocenters. The Bertz CT molecular complexity index is 300. The lowest BCUT2D eigenvalue weighted by Gasteiger charge is -2.04. The number of halogens is 1. The Morgan fingerprint density at radius 3 is 2.83 bits per heavy atom. The van der Waals surface area contributed by atoms with Crippen molar-refractivity contribution >= 4 is 0 Å². The van der Waals surface area contributed by atoms with Gasteiger partial charge in [-0.1, -0.05) is 0 Å². The molecular weight excluding hydrogens is 163 g/mol. The summed E-state index contributed by atoms with van der Waals surface area (Å²) in [5.74, 6) is 0.431. The molecule has 0 aliphatic carbocycles. The van der Waals surface area contributed by atoms with Crippen LogP contribution in [0.1, 0.15) is 0 Å². The minimum absolute atomic E-state index is 0.240. The Hall–Kier alpha value is -1.29. The average Bonchev–Trinajstić information content (AvgIpc) is 2.46. The third-order valence-corrected chi connectivity index (χ3v) is 1.57. The molecule has 0 amide bonds. The predicted octanol–water partition coefficient (Wildman–Crippen LogP) is 0.915. The monoisotopic (exact) mass is 170 g/mol. The Morgan fingerprint density at radius 2 is 2.08 bits per heavy atom. The molecule has 1 N–H and O–H groups in total. The Balaban J connectivity index is 2.30. The fourth-order valence-electron chi connectivity index (χ4n) is 1.05.